The number of rotatable bonds is 5. The van der Waals surface area contributed by atoms with Crippen LogP contribution in [0.4, 0.5) is 0 Å². The summed E-state index contributed by atoms with van der Waals surface area (Å²) < 4.78 is 3.44. The summed E-state index contributed by atoms with van der Waals surface area (Å²) in [6.45, 7) is 6.09. The third-order valence-electron chi connectivity index (χ3n) is 3.39. The molecule has 6 nitrogen and oxygen atoms in total. The molecule has 0 bridgehead atoms. The maximum atomic E-state index is 12.3. The molecule has 2 aromatic heterocycles. The Bertz CT molecular complexity index is 1000. The van der Waals surface area contributed by atoms with E-state index in [9.17, 15) is 4.79 Å². The summed E-state index contributed by atoms with van der Waals surface area (Å²) in [6, 6.07) is 8.64. The average Bonchev–Trinajstić information content (AvgIpc) is 3.03. The van der Waals surface area contributed by atoms with E-state index >= 15 is 0 Å². The van der Waals surface area contributed by atoms with Crippen molar-refractivity contribution in [3.8, 4) is 17.2 Å². The van der Waals surface area contributed by atoms with Crippen LogP contribution in [0.5, 0.6) is 0 Å². The molecule has 126 valence electrons. The second-order valence-corrected chi connectivity index (χ2v) is 6.21. The summed E-state index contributed by atoms with van der Waals surface area (Å²) in [6.07, 6.45) is 1.61. The van der Waals surface area contributed by atoms with Crippen molar-refractivity contribution >= 4 is 23.4 Å². The lowest BCUT2D eigenvalue weighted by molar-refractivity contribution is 0.683. The van der Waals surface area contributed by atoms with E-state index in [4.69, 9.17) is 11.6 Å². The molecule has 0 saturated heterocycles. The highest BCUT2D eigenvalue weighted by atomic mass is 35.5. The van der Waals surface area contributed by atoms with Crippen LogP contribution in [-0.2, 0) is 6.54 Å². The molecule has 0 N–H and O–H groups in total. The molecule has 0 saturated carbocycles. The van der Waals surface area contributed by atoms with Gasteiger partial charge in [-0.15, -0.1) is 15.9 Å². The fourth-order valence-corrected chi connectivity index (χ4v) is 2.98. The Kier molecular flexibility index (Phi) is 5.19. The summed E-state index contributed by atoms with van der Waals surface area (Å²) in [4.78, 5) is 12.3. The summed E-state index contributed by atoms with van der Waals surface area (Å²) in [7, 11) is 0. The zero-order valence-electron chi connectivity index (χ0n) is 13.4. The molecule has 0 atom stereocenters. The summed E-state index contributed by atoms with van der Waals surface area (Å²) in [5.41, 5.74) is 3.48. The van der Waals surface area contributed by atoms with E-state index in [0.717, 1.165) is 5.69 Å². The Labute approximate surface area is 153 Å². The predicted molar refractivity (Wildman–Crippen MR) is 99.1 cm³/mol. The Balaban J connectivity index is 2.10. The van der Waals surface area contributed by atoms with E-state index in [1.807, 2.05) is 23.6 Å². The van der Waals surface area contributed by atoms with Gasteiger partial charge in [-0.25, -0.2) is 4.68 Å². The monoisotopic (exact) mass is 371 g/mol. The largest absolute Gasteiger partial charge is 0.301 e. The van der Waals surface area contributed by atoms with Crippen LogP contribution in [-0.4, -0.2) is 24.5 Å². The molecule has 0 unspecified atom stereocenters. The number of hydrogen-bond donors (Lipinski definition) is 0. The number of halogens is 1. The van der Waals surface area contributed by atoms with Gasteiger partial charge in [0.25, 0.3) is 0 Å². The van der Waals surface area contributed by atoms with Crippen molar-refractivity contribution in [1.82, 2.24) is 24.5 Å². The van der Waals surface area contributed by atoms with Crippen LogP contribution >= 0.6 is 23.4 Å². The van der Waals surface area contributed by atoms with Crippen LogP contribution in [0.25, 0.3) is 17.2 Å². The second-order valence-electron chi connectivity index (χ2n) is 4.94. The van der Waals surface area contributed by atoms with Gasteiger partial charge in [-0.05, 0) is 43.0 Å². The van der Waals surface area contributed by atoms with Crippen LogP contribution in [0.1, 0.15) is 6.92 Å². The van der Waals surface area contributed by atoms with Crippen molar-refractivity contribution in [3.05, 3.63) is 69.5 Å². The lowest BCUT2D eigenvalue weighted by Crippen LogP contribution is -2.15. The molecule has 1 aromatic carbocycles. The van der Waals surface area contributed by atoms with Gasteiger partial charge in [-0.1, -0.05) is 18.2 Å². The first-order valence-corrected chi connectivity index (χ1v) is 8.70. The van der Waals surface area contributed by atoms with Crippen LogP contribution in [0.3, 0.4) is 0 Å². The predicted octanol–water partition coefficient (Wildman–Crippen LogP) is 3.56. The molecular weight excluding hydrogens is 358 g/mol. The minimum Gasteiger partial charge on any atom is -0.301 e. The van der Waals surface area contributed by atoms with Crippen LogP contribution < -0.4 is 5.43 Å². The van der Waals surface area contributed by atoms with E-state index < -0.39 is 0 Å². The fourth-order valence-electron chi connectivity index (χ4n) is 2.23. The smallest absolute Gasteiger partial charge is 0.211 e. The number of aromatic nitrogens is 5. The lowest BCUT2D eigenvalue weighted by atomic mass is 10.3. The first-order chi connectivity index (χ1) is 12.1. The first kappa shape index (κ1) is 17.2. The molecule has 0 aliphatic heterocycles. The van der Waals surface area contributed by atoms with Crippen molar-refractivity contribution in [3.63, 3.8) is 0 Å². The molecule has 3 rings (SSSR count). The Hall–Kier alpha value is -2.60. The van der Waals surface area contributed by atoms with Crippen molar-refractivity contribution in [1.29, 1.82) is 0 Å². The van der Waals surface area contributed by atoms with Crippen LogP contribution in [0.2, 0.25) is 5.02 Å². The maximum absolute atomic E-state index is 12.3. The van der Waals surface area contributed by atoms with Gasteiger partial charge in [0.05, 0.1) is 5.69 Å². The van der Waals surface area contributed by atoms with Crippen molar-refractivity contribution in [2.45, 2.75) is 18.6 Å². The molecular formula is C17H14ClN5OS. The lowest BCUT2D eigenvalue weighted by Gasteiger charge is -2.08. The molecule has 25 heavy (non-hydrogen) atoms. The molecule has 8 heteroatoms. The fraction of sp³-hybridized carbons (Fsp3) is 0.118. The summed E-state index contributed by atoms with van der Waals surface area (Å²) in [5.74, 6) is 0.427. The van der Waals surface area contributed by atoms with E-state index in [-0.39, 0.29) is 11.1 Å². The highest BCUT2D eigenvalue weighted by molar-refractivity contribution is 8.02. The molecule has 0 amide bonds. The normalized spacial score (nSPS) is 10.5. The van der Waals surface area contributed by atoms with Gasteiger partial charge in [0.2, 0.25) is 5.43 Å². The van der Waals surface area contributed by atoms with Gasteiger partial charge in [-0.3, -0.25) is 4.79 Å². The van der Waals surface area contributed by atoms with E-state index in [1.54, 1.807) is 28.4 Å². The van der Waals surface area contributed by atoms with E-state index in [1.165, 1.54) is 17.8 Å². The standard InChI is InChI=1S/C17H14ClN5OS/c1-3-11-25-17-20-19-16(22(17)4-2)15-14(24)9-10-23(21-15)13-7-5-12(18)6-8-13/h5-11H,1,4H2,2H3. The van der Waals surface area contributed by atoms with Crippen molar-refractivity contribution in [2.75, 3.05) is 0 Å². The molecule has 0 radical (unpaired) electrons. The van der Waals surface area contributed by atoms with Gasteiger partial charge < -0.3 is 4.57 Å². The van der Waals surface area contributed by atoms with Gasteiger partial charge in [0.1, 0.15) is 0 Å². The van der Waals surface area contributed by atoms with Gasteiger partial charge in [0, 0.05) is 29.2 Å². The quantitative estimate of drug-likeness (QED) is 0.507. The summed E-state index contributed by atoms with van der Waals surface area (Å²) in [5, 5.41) is 15.7. The Morgan fingerprint density at radius 3 is 2.72 bits per heavy atom. The topological polar surface area (TPSA) is 65.6 Å². The van der Waals surface area contributed by atoms with Crippen molar-refractivity contribution < 1.29 is 0 Å². The third-order valence-corrected chi connectivity index (χ3v) is 4.44. The molecule has 2 heterocycles. The van der Waals surface area contributed by atoms with Gasteiger partial charge >= 0.3 is 0 Å². The van der Waals surface area contributed by atoms with Crippen LogP contribution in [0, 0.1) is 0 Å². The number of benzene rings is 1. The highest BCUT2D eigenvalue weighted by Crippen LogP contribution is 2.22. The minimum absolute atomic E-state index is 0.219. The summed E-state index contributed by atoms with van der Waals surface area (Å²) >= 11 is 7.25. The number of hydrogen-bond acceptors (Lipinski definition) is 5. The first-order valence-electron chi connectivity index (χ1n) is 7.44. The van der Waals surface area contributed by atoms with Crippen LogP contribution in [0.15, 0.2) is 64.2 Å². The van der Waals surface area contributed by atoms with Crippen molar-refractivity contribution in [2.24, 2.45) is 0 Å². The Morgan fingerprint density at radius 2 is 2.04 bits per heavy atom. The maximum Gasteiger partial charge on any atom is 0.211 e. The van der Waals surface area contributed by atoms with E-state index in [2.05, 4.69) is 27.6 Å². The second kappa shape index (κ2) is 7.53. The van der Waals surface area contributed by atoms with E-state index in [0.29, 0.717) is 22.5 Å². The molecule has 0 aliphatic carbocycles. The zero-order chi connectivity index (χ0) is 17.8. The highest BCUT2D eigenvalue weighted by Gasteiger charge is 2.17. The van der Waals surface area contributed by atoms with Gasteiger partial charge in [0.15, 0.2) is 16.7 Å². The number of thioether (sulfide) groups is 1. The average molecular weight is 372 g/mol. The molecule has 0 aliphatic rings. The third kappa shape index (κ3) is 3.58. The SMILES string of the molecule is C=C=CSc1nnc(-c2nn(-c3ccc(Cl)cc3)ccc2=O)n1CC. The number of nitrogens with zero attached hydrogens (tertiary/aromatic N) is 5. The van der Waals surface area contributed by atoms with Gasteiger partial charge in [-0.2, -0.15) is 5.10 Å². The minimum atomic E-state index is -0.219. The molecule has 0 spiro atoms. The molecule has 0 fully saturated rings. The molecule has 3 aromatic rings. The Morgan fingerprint density at radius 1 is 1.28 bits per heavy atom. The zero-order valence-corrected chi connectivity index (χ0v) is 15.0.